The van der Waals surface area contributed by atoms with E-state index in [4.69, 9.17) is 5.11 Å². The Bertz CT molecular complexity index is 131. The molecule has 0 rings (SSSR count). The van der Waals surface area contributed by atoms with Gasteiger partial charge in [0.1, 0.15) is 5.75 Å². The highest BCUT2D eigenvalue weighted by molar-refractivity contribution is 8.04. The van der Waals surface area contributed by atoms with Crippen LogP contribution in [0.4, 0.5) is 0 Å². The summed E-state index contributed by atoms with van der Waals surface area (Å²) in [6.07, 6.45) is 0. The van der Waals surface area contributed by atoms with Crippen LogP contribution in [0.15, 0.2) is 0 Å². The molecule has 0 bridgehead atoms. The number of carbonyl (C=O) groups is 1. The lowest BCUT2D eigenvalue weighted by Gasteiger charge is -1.80. The maximum Gasteiger partial charge on any atom is 0.314 e. The summed E-state index contributed by atoms with van der Waals surface area (Å²) in [6.45, 7) is 1.68. The van der Waals surface area contributed by atoms with E-state index in [1.54, 1.807) is 6.92 Å². The van der Waals surface area contributed by atoms with Crippen molar-refractivity contribution in [2.75, 3.05) is 5.75 Å². The largest absolute Gasteiger partial charge is 0.481 e. The fourth-order valence-electron chi connectivity index (χ4n) is 0.170. The fourth-order valence-corrected chi connectivity index (χ4v) is 0.510. The molecular formula is C5H6O2S. The monoisotopic (exact) mass is 130 g/mol. The van der Waals surface area contributed by atoms with Crippen molar-refractivity contribution in [1.29, 1.82) is 0 Å². The predicted octanol–water partition coefficient (Wildman–Crippen LogP) is 0.785. The minimum Gasteiger partial charge on any atom is -0.481 e. The summed E-state index contributed by atoms with van der Waals surface area (Å²) in [5.74, 6) is 1.82. The summed E-state index contributed by atoms with van der Waals surface area (Å²) < 4.78 is 0. The van der Waals surface area contributed by atoms with Gasteiger partial charge in [0, 0.05) is 0 Å². The Morgan fingerprint density at radius 3 is 2.88 bits per heavy atom. The van der Waals surface area contributed by atoms with Crippen molar-refractivity contribution in [2.24, 2.45) is 0 Å². The Kier molecular flexibility index (Phi) is 4.19. The molecular weight excluding hydrogens is 124 g/mol. The number of carboxylic acid groups (broad SMARTS) is 1. The zero-order valence-electron chi connectivity index (χ0n) is 4.47. The van der Waals surface area contributed by atoms with Gasteiger partial charge < -0.3 is 5.11 Å². The normalized spacial score (nSPS) is 7.12. The van der Waals surface area contributed by atoms with E-state index >= 15 is 0 Å². The topological polar surface area (TPSA) is 37.3 Å². The van der Waals surface area contributed by atoms with Gasteiger partial charge in [0.05, 0.1) is 0 Å². The Morgan fingerprint density at radius 2 is 2.50 bits per heavy atom. The van der Waals surface area contributed by atoms with Gasteiger partial charge in [-0.3, -0.25) is 4.79 Å². The van der Waals surface area contributed by atoms with Crippen LogP contribution in [0.1, 0.15) is 6.92 Å². The minimum atomic E-state index is -0.822. The first kappa shape index (κ1) is 7.38. The third kappa shape index (κ3) is 5.38. The number of thioether (sulfide) groups is 1. The molecule has 2 nitrogen and oxygen atoms in total. The van der Waals surface area contributed by atoms with Crippen LogP contribution in [-0.4, -0.2) is 16.8 Å². The molecule has 0 aliphatic heterocycles. The summed E-state index contributed by atoms with van der Waals surface area (Å²) in [5, 5.41) is 10.6. The second-order valence-corrected chi connectivity index (χ2v) is 1.82. The third-order valence-electron chi connectivity index (χ3n) is 0.370. The molecule has 0 spiro atoms. The molecule has 0 saturated carbocycles. The van der Waals surface area contributed by atoms with Gasteiger partial charge in [-0.2, -0.15) is 0 Å². The van der Waals surface area contributed by atoms with Crippen molar-refractivity contribution >= 4 is 17.7 Å². The maximum atomic E-state index is 9.79. The van der Waals surface area contributed by atoms with Gasteiger partial charge in [-0.05, 0) is 12.2 Å². The number of rotatable bonds is 2. The second-order valence-electron chi connectivity index (χ2n) is 1.03. The molecule has 0 aliphatic carbocycles. The summed E-state index contributed by atoms with van der Waals surface area (Å²) in [6, 6.07) is 0. The van der Waals surface area contributed by atoms with E-state index in [1.807, 2.05) is 0 Å². The molecule has 0 fully saturated rings. The first-order chi connectivity index (χ1) is 3.77. The van der Waals surface area contributed by atoms with Gasteiger partial charge in [-0.25, -0.2) is 0 Å². The van der Waals surface area contributed by atoms with Crippen molar-refractivity contribution in [3.8, 4) is 11.2 Å². The van der Waals surface area contributed by atoms with Crippen LogP contribution in [0.2, 0.25) is 0 Å². The standard InChI is InChI=1S/C5H6O2S/c1-2-3-8-4-5(6)7/h4H2,1H3,(H,6,7). The number of hydrogen-bond acceptors (Lipinski definition) is 2. The second kappa shape index (κ2) is 4.54. The van der Waals surface area contributed by atoms with Crippen molar-refractivity contribution in [3.63, 3.8) is 0 Å². The van der Waals surface area contributed by atoms with E-state index in [-0.39, 0.29) is 5.75 Å². The van der Waals surface area contributed by atoms with E-state index in [2.05, 4.69) is 11.2 Å². The van der Waals surface area contributed by atoms with E-state index < -0.39 is 5.97 Å². The van der Waals surface area contributed by atoms with Crippen molar-refractivity contribution in [3.05, 3.63) is 0 Å². The quantitative estimate of drug-likeness (QED) is 0.561. The first-order valence-corrected chi connectivity index (χ1v) is 3.01. The van der Waals surface area contributed by atoms with Gasteiger partial charge in [0.15, 0.2) is 0 Å². The summed E-state index contributed by atoms with van der Waals surface area (Å²) >= 11 is 1.10. The molecule has 0 saturated heterocycles. The van der Waals surface area contributed by atoms with Gasteiger partial charge in [-0.1, -0.05) is 17.7 Å². The first-order valence-electron chi connectivity index (χ1n) is 2.02. The average molecular weight is 130 g/mol. The SMILES string of the molecule is CC#CSCC(=O)O. The molecule has 0 aromatic carbocycles. The summed E-state index contributed by atoms with van der Waals surface area (Å²) in [5.41, 5.74) is 0. The van der Waals surface area contributed by atoms with Crippen LogP contribution < -0.4 is 0 Å². The lowest BCUT2D eigenvalue weighted by molar-refractivity contribution is -0.133. The lowest BCUT2D eigenvalue weighted by Crippen LogP contribution is -1.95. The van der Waals surface area contributed by atoms with Gasteiger partial charge >= 0.3 is 5.97 Å². The molecule has 8 heavy (non-hydrogen) atoms. The Hall–Kier alpha value is -0.620. The van der Waals surface area contributed by atoms with E-state index in [0.717, 1.165) is 11.8 Å². The number of hydrogen-bond donors (Lipinski definition) is 1. The van der Waals surface area contributed by atoms with Crippen molar-refractivity contribution in [2.45, 2.75) is 6.92 Å². The predicted molar refractivity (Wildman–Crippen MR) is 33.5 cm³/mol. The van der Waals surface area contributed by atoms with Gasteiger partial charge in [0.2, 0.25) is 0 Å². The lowest BCUT2D eigenvalue weighted by atomic mass is 10.8. The smallest absolute Gasteiger partial charge is 0.314 e. The van der Waals surface area contributed by atoms with Gasteiger partial charge in [-0.15, -0.1) is 0 Å². The van der Waals surface area contributed by atoms with E-state index in [9.17, 15) is 4.79 Å². The highest BCUT2D eigenvalue weighted by Crippen LogP contribution is 1.93. The van der Waals surface area contributed by atoms with E-state index in [1.165, 1.54) is 0 Å². The van der Waals surface area contributed by atoms with Crippen LogP contribution >= 0.6 is 11.8 Å². The number of carboxylic acids is 1. The third-order valence-corrected chi connectivity index (χ3v) is 1.11. The molecule has 0 atom stereocenters. The molecule has 0 aliphatic rings. The molecule has 0 aromatic heterocycles. The van der Waals surface area contributed by atoms with E-state index in [0.29, 0.717) is 0 Å². The summed E-state index contributed by atoms with van der Waals surface area (Å²) in [4.78, 5) is 9.79. The Balaban J connectivity index is 3.14. The molecule has 0 heterocycles. The molecule has 0 aromatic rings. The highest BCUT2D eigenvalue weighted by atomic mass is 32.2. The fraction of sp³-hybridized carbons (Fsp3) is 0.400. The zero-order valence-corrected chi connectivity index (χ0v) is 5.29. The van der Waals surface area contributed by atoms with Crippen LogP contribution in [0.5, 0.6) is 0 Å². The van der Waals surface area contributed by atoms with Crippen LogP contribution in [-0.2, 0) is 4.79 Å². The zero-order chi connectivity index (χ0) is 6.41. The molecule has 1 N–H and O–H groups in total. The minimum absolute atomic E-state index is 0.0703. The number of aliphatic carboxylic acids is 1. The molecule has 0 radical (unpaired) electrons. The van der Waals surface area contributed by atoms with Crippen LogP contribution in [0.25, 0.3) is 0 Å². The Morgan fingerprint density at radius 1 is 1.88 bits per heavy atom. The highest BCUT2D eigenvalue weighted by Gasteiger charge is 1.90. The van der Waals surface area contributed by atoms with Crippen LogP contribution in [0.3, 0.4) is 0 Å². The molecule has 0 unspecified atom stereocenters. The van der Waals surface area contributed by atoms with Crippen molar-refractivity contribution in [1.82, 2.24) is 0 Å². The molecule has 3 heteroatoms. The van der Waals surface area contributed by atoms with Gasteiger partial charge in [0.25, 0.3) is 0 Å². The van der Waals surface area contributed by atoms with Crippen LogP contribution in [0, 0.1) is 11.2 Å². The average Bonchev–Trinajstić information content (AvgIpc) is 1.66. The maximum absolute atomic E-state index is 9.79. The Labute approximate surface area is 52.3 Å². The molecule has 0 amide bonds. The van der Waals surface area contributed by atoms with Crippen molar-refractivity contribution < 1.29 is 9.90 Å². The summed E-state index contributed by atoms with van der Waals surface area (Å²) in [7, 11) is 0. The molecule has 44 valence electrons.